The van der Waals surface area contributed by atoms with Crippen LogP contribution in [0.3, 0.4) is 0 Å². The minimum atomic E-state index is -0.755. The Kier molecular flexibility index (Phi) is 7.00. The SMILES string of the molecule is COc1cccc(N2C[C@@H](C(=O)Oc3cccc(N4C(=O)c5c(Cl)c(Cl)c(Cl)c(Cl)c5C4=O)c3)CC2=O)c1. The van der Waals surface area contributed by atoms with E-state index < -0.39 is 23.7 Å². The molecule has 1 atom stereocenters. The molecular weight excluding hydrogens is 578 g/mol. The molecule has 0 bridgehead atoms. The Balaban J connectivity index is 1.36. The molecule has 12 heteroatoms. The van der Waals surface area contributed by atoms with Crippen molar-refractivity contribution in [2.75, 3.05) is 23.5 Å². The number of anilines is 2. The van der Waals surface area contributed by atoms with Crippen molar-refractivity contribution >= 4 is 81.5 Å². The smallest absolute Gasteiger partial charge is 0.316 e. The van der Waals surface area contributed by atoms with Crippen molar-refractivity contribution in [1.29, 1.82) is 0 Å². The topological polar surface area (TPSA) is 93.2 Å². The maximum Gasteiger partial charge on any atom is 0.316 e. The molecule has 2 aliphatic heterocycles. The summed E-state index contributed by atoms with van der Waals surface area (Å²) in [5, 5.41) is -0.661. The second-order valence-electron chi connectivity index (χ2n) is 8.48. The van der Waals surface area contributed by atoms with Gasteiger partial charge in [-0.05, 0) is 24.3 Å². The predicted molar refractivity (Wildman–Crippen MR) is 143 cm³/mol. The second-order valence-corrected chi connectivity index (χ2v) is 9.99. The van der Waals surface area contributed by atoms with Gasteiger partial charge in [0.2, 0.25) is 5.91 Å². The molecule has 0 aromatic heterocycles. The van der Waals surface area contributed by atoms with Crippen molar-refractivity contribution in [2.45, 2.75) is 6.42 Å². The summed E-state index contributed by atoms with van der Waals surface area (Å²) in [5.74, 6) is -2.44. The van der Waals surface area contributed by atoms with E-state index in [1.807, 2.05) is 0 Å². The number of rotatable bonds is 5. The summed E-state index contributed by atoms with van der Waals surface area (Å²) in [4.78, 5) is 54.2. The average molecular weight is 594 g/mol. The Bertz CT molecular complexity index is 1500. The number of carbonyl (C=O) groups excluding carboxylic acids is 4. The van der Waals surface area contributed by atoms with Crippen LogP contribution in [0.1, 0.15) is 27.1 Å². The Morgan fingerprint density at radius 3 is 1.97 bits per heavy atom. The molecule has 0 unspecified atom stereocenters. The van der Waals surface area contributed by atoms with Crippen LogP contribution < -0.4 is 19.3 Å². The number of hydrogen-bond donors (Lipinski definition) is 0. The maximum absolute atomic E-state index is 13.1. The molecule has 2 heterocycles. The van der Waals surface area contributed by atoms with Gasteiger partial charge < -0.3 is 14.4 Å². The first-order valence-corrected chi connectivity index (χ1v) is 12.6. The minimum absolute atomic E-state index is 0.0351. The van der Waals surface area contributed by atoms with Gasteiger partial charge in [-0.3, -0.25) is 19.2 Å². The van der Waals surface area contributed by atoms with E-state index in [4.69, 9.17) is 55.9 Å². The third-order valence-electron chi connectivity index (χ3n) is 6.22. The number of carbonyl (C=O) groups is 4. The molecule has 0 radical (unpaired) electrons. The van der Waals surface area contributed by atoms with Crippen LogP contribution in [-0.4, -0.2) is 37.3 Å². The Labute approximate surface area is 236 Å². The fourth-order valence-electron chi connectivity index (χ4n) is 4.36. The van der Waals surface area contributed by atoms with Crippen molar-refractivity contribution < 1.29 is 28.7 Å². The number of fused-ring (bicyclic) bond motifs is 1. The van der Waals surface area contributed by atoms with Crippen LogP contribution >= 0.6 is 46.4 Å². The second kappa shape index (κ2) is 10.1. The highest BCUT2D eigenvalue weighted by Gasteiger charge is 2.43. The third-order valence-corrected chi connectivity index (χ3v) is 8.02. The molecule has 8 nitrogen and oxygen atoms in total. The van der Waals surface area contributed by atoms with E-state index in [9.17, 15) is 19.2 Å². The van der Waals surface area contributed by atoms with Gasteiger partial charge in [0.15, 0.2) is 0 Å². The molecule has 0 saturated carbocycles. The normalized spacial score (nSPS) is 16.8. The van der Waals surface area contributed by atoms with Crippen LogP contribution in [0.4, 0.5) is 11.4 Å². The van der Waals surface area contributed by atoms with Crippen LogP contribution in [0, 0.1) is 5.92 Å². The summed E-state index contributed by atoms with van der Waals surface area (Å²) in [6.07, 6.45) is -0.0351. The van der Waals surface area contributed by atoms with Crippen LogP contribution in [0.2, 0.25) is 20.1 Å². The molecule has 0 N–H and O–H groups in total. The minimum Gasteiger partial charge on any atom is -0.497 e. The van der Waals surface area contributed by atoms with E-state index in [1.54, 1.807) is 24.3 Å². The molecule has 5 rings (SSSR count). The van der Waals surface area contributed by atoms with Gasteiger partial charge >= 0.3 is 5.97 Å². The van der Waals surface area contributed by atoms with Gasteiger partial charge in [-0.15, -0.1) is 0 Å². The number of hydrogen-bond acceptors (Lipinski definition) is 6. The van der Waals surface area contributed by atoms with Gasteiger partial charge in [0.05, 0.1) is 49.9 Å². The lowest BCUT2D eigenvalue weighted by atomic mass is 10.1. The van der Waals surface area contributed by atoms with Gasteiger partial charge in [-0.2, -0.15) is 0 Å². The zero-order valence-electron chi connectivity index (χ0n) is 19.5. The lowest BCUT2D eigenvalue weighted by Gasteiger charge is -2.17. The molecule has 3 amide bonds. The number of nitrogens with zero attached hydrogens (tertiary/aromatic N) is 2. The van der Waals surface area contributed by atoms with Crippen molar-refractivity contribution in [3.63, 3.8) is 0 Å². The van der Waals surface area contributed by atoms with E-state index in [2.05, 4.69) is 0 Å². The highest BCUT2D eigenvalue weighted by molar-refractivity contribution is 6.56. The summed E-state index contributed by atoms with van der Waals surface area (Å²) in [5.41, 5.74) is 0.386. The number of esters is 1. The zero-order valence-corrected chi connectivity index (χ0v) is 22.5. The van der Waals surface area contributed by atoms with Crippen LogP contribution in [0.5, 0.6) is 11.5 Å². The molecular formula is C26H16Cl4N2O6. The molecule has 38 heavy (non-hydrogen) atoms. The van der Waals surface area contributed by atoms with E-state index in [0.717, 1.165) is 4.90 Å². The first kappa shape index (κ1) is 26.3. The Morgan fingerprint density at radius 1 is 0.816 bits per heavy atom. The van der Waals surface area contributed by atoms with E-state index in [1.165, 1.54) is 36.3 Å². The number of benzene rings is 3. The standard InChI is InChI=1S/C26H16Cl4N2O6/c1-37-15-6-2-4-13(9-15)31-11-12(8-17(31)33)26(36)38-16-7-3-5-14(10-16)32-24(34)18-19(25(32)35)21(28)23(30)22(29)20(18)27/h2-7,9-10,12H,8,11H2,1H3/t12-/m0/s1. The maximum atomic E-state index is 13.1. The lowest BCUT2D eigenvalue weighted by Crippen LogP contribution is -2.29. The molecule has 2 aliphatic rings. The molecule has 194 valence electrons. The van der Waals surface area contributed by atoms with Crippen molar-refractivity contribution in [2.24, 2.45) is 5.92 Å². The summed E-state index contributed by atoms with van der Waals surface area (Å²) >= 11 is 24.6. The molecule has 3 aromatic carbocycles. The summed E-state index contributed by atoms with van der Waals surface area (Å²) in [6.45, 7) is 0.126. The van der Waals surface area contributed by atoms with Gasteiger partial charge in [-0.1, -0.05) is 58.5 Å². The van der Waals surface area contributed by atoms with Gasteiger partial charge in [0, 0.05) is 30.8 Å². The number of amides is 3. The number of halogens is 4. The highest BCUT2D eigenvalue weighted by atomic mass is 35.5. The van der Waals surface area contributed by atoms with E-state index >= 15 is 0 Å². The van der Waals surface area contributed by atoms with Crippen LogP contribution in [-0.2, 0) is 9.59 Å². The van der Waals surface area contributed by atoms with Crippen LogP contribution in [0.15, 0.2) is 48.5 Å². The van der Waals surface area contributed by atoms with Gasteiger partial charge in [0.1, 0.15) is 11.5 Å². The third kappa shape index (κ3) is 4.37. The molecule has 1 saturated heterocycles. The van der Waals surface area contributed by atoms with Crippen LogP contribution in [0.25, 0.3) is 0 Å². The van der Waals surface area contributed by atoms with Gasteiger partial charge in [-0.25, -0.2) is 4.90 Å². The van der Waals surface area contributed by atoms with Crippen molar-refractivity contribution in [3.8, 4) is 11.5 Å². The molecule has 0 spiro atoms. The molecule has 3 aromatic rings. The summed E-state index contributed by atoms with van der Waals surface area (Å²) in [6, 6.07) is 12.8. The Morgan fingerprint density at radius 2 is 1.37 bits per heavy atom. The fraction of sp³-hybridized carbons (Fsp3) is 0.154. The first-order chi connectivity index (χ1) is 18.1. The quantitative estimate of drug-likeness (QED) is 0.117. The lowest BCUT2D eigenvalue weighted by molar-refractivity contribution is -0.139. The van der Waals surface area contributed by atoms with Gasteiger partial charge in [0.25, 0.3) is 11.8 Å². The van der Waals surface area contributed by atoms with E-state index in [0.29, 0.717) is 11.4 Å². The number of ether oxygens (including phenoxy) is 2. The summed E-state index contributed by atoms with van der Waals surface area (Å²) in [7, 11) is 1.52. The first-order valence-electron chi connectivity index (χ1n) is 11.1. The van der Waals surface area contributed by atoms with Crippen molar-refractivity contribution in [1.82, 2.24) is 0 Å². The average Bonchev–Trinajstić information content (AvgIpc) is 3.43. The predicted octanol–water partition coefficient (Wildman–Crippen LogP) is 6.07. The van der Waals surface area contributed by atoms with Crippen molar-refractivity contribution in [3.05, 3.63) is 79.7 Å². The Hall–Kier alpha value is -3.30. The summed E-state index contributed by atoms with van der Waals surface area (Å²) < 4.78 is 10.7. The zero-order chi connectivity index (χ0) is 27.3. The largest absolute Gasteiger partial charge is 0.497 e. The van der Waals surface area contributed by atoms with E-state index in [-0.39, 0.29) is 61.5 Å². The number of methoxy groups -OCH3 is 1. The molecule has 1 fully saturated rings. The monoisotopic (exact) mass is 592 g/mol. The highest BCUT2D eigenvalue weighted by Crippen LogP contribution is 2.46. The number of imide groups is 1. The molecule has 0 aliphatic carbocycles. The fourth-order valence-corrected chi connectivity index (χ4v) is 5.38.